The molecule has 0 saturated carbocycles. The molecule has 0 N–H and O–H groups in total. The number of fused-ring (bicyclic) bond motifs is 1. The second-order valence-electron chi connectivity index (χ2n) is 3.26. The summed E-state index contributed by atoms with van der Waals surface area (Å²) in [6.07, 6.45) is 10.0. The Labute approximate surface area is 140 Å². The minimum absolute atomic E-state index is 0. The van der Waals surface area contributed by atoms with Gasteiger partial charge in [0.25, 0.3) is 0 Å². The maximum Gasteiger partial charge on any atom is 0 e. The Morgan fingerprint density at radius 3 is 2.33 bits per heavy atom. The Bertz CT molecular complexity index is 414. The third kappa shape index (κ3) is 6.53. The van der Waals surface area contributed by atoms with Crippen molar-refractivity contribution in [1.29, 1.82) is 0 Å². The maximum atomic E-state index is 3.14. The fourth-order valence-corrected chi connectivity index (χ4v) is 1.40. The fraction of sp³-hybridized carbons (Fsp3) is 0.0667. The molecule has 94 valence electrons. The average molecular weight is 444 g/mol. The minimum Gasteiger partial charge on any atom is -0.273 e. The number of halogens is 2. The SMILES string of the molecule is Cl.Cl.[C-]1=CC=CC1.[Hf].[c-]1ccc2cccccc1-2. The minimum atomic E-state index is 0. The van der Waals surface area contributed by atoms with Crippen molar-refractivity contribution in [3.63, 3.8) is 0 Å². The van der Waals surface area contributed by atoms with Gasteiger partial charge in [0.2, 0.25) is 0 Å². The molecule has 0 aliphatic heterocycles. The summed E-state index contributed by atoms with van der Waals surface area (Å²) in [7, 11) is 0. The topological polar surface area (TPSA) is 0 Å². The molecule has 0 fully saturated rings. The van der Waals surface area contributed by atoms with Gasteiger partial charge >= 0.3 is 0 Å². The predicted octanol–water partition coefficient (Wildman–Crippen LogP) is 4.74. The average Bonchev–Trinajstić information content (AvgIpc) is 2.90. The van der Waals surface area contributed by atoms with Crippen LogP contribution < -0.4 is 0 Å². The van der Waals surface area contributed by atoms with Gasteiger partial charge in [-0.25, -0.2) is 12.2 Å². The van der Waals surface area contributed by atoms with Gasteiger partial charge in [-0.2, -0.15) is 23.8 Å². The van der Waals surface area contributed by atoms with Crippen molar-refractivity contribution in [2.24, 2.45) is 0 Å². The van der Waals surface area contributed by atoms with Gasteiger partial charge in [0, 0.05) is 25.8 Å². The van der Waals surface area contributed by atoms with Crippen LogP contribution in [-0.4, -0.2) is 0 Å². The molecule has 0 atom stereocenters. The molecular formula is C15H14Cl2Hf-2. The van der Waals surface area contributed by atoms with Crippen molar-refractivity contribution in [2.45, 2.75) is 6.42 Å². The summed E-state index contributed by atoms with van der Waals surface area (Å²) in [5.41, 5.74) is 2.44. The Kier molecular flexibility index (Phi) is 13.0. The summed E-state index contributed by atoms with van der Waals surface area (Å²) in [5.74, 6) is 0. The molecule has 0 saturated heterocycles. The Hall–Kier alpha value is -0.370. The first-order chi connectivity index (χ1) is 7.47. The molecule has 0 spiro atoms. The molecule has 0 aromatic heterocycles. The van der Waals surface area contributed by atoms with Crippen LogP contribution in [0, 0.1) is 12.1 Å². The van der Waals surface area contributed by atoms with Crippen LogP contribution in [0.1, 0.15) is 6.42 Å². The summed E-state index contributed by atoms with van der Waals surface area (Å²) in [4.78, 5) is 0. The van der Waals surface area contributed by atoms with E-state index in [1.165, 1.54) is 11.1 Å². The number of rotatable bonds is 0. The first-order valence-electron chi connectivity index (χ1n) is 5.04. The monoisotopic (exact) mass is 444 g/mol. The van der Waals surface area contributed by atoms with Crippen LogP contribution in [0.15, 0.2) is 60.7 Å². The van der Waals surface area contributed by atoms with E-state index in [0.29, 0.717) is 0 Å². The summed E-state index contributed by atoms with van der Waals surface area (Å²) in [5, 5.41) is 0. The molecule has 3 heteroatoms. The van der Waals surface area contributed by atoms with E-state index in [9.17, 15) is 0 Å². The largest absolute Gasteiger partial charge is 0.273 e. The first-order valence-corrected chi connectivity index (χ1v) is 5.04. The van der Waals surface area contributed by atoms with Crippen LogP contribution in [-0.2, 0) is 25.8 Å². The van der Waals surface area contributed by atoms with Crippen molar-refractivity contribution in [3.05, 3.63) is 72.8 Å². The van der Waals surface area contributed by atoms with E-state index in [-0.39, 0.29) is 50.7 Å². The van der Waals surface area contributed by atoms with Gasteiger partial charge in [-0.1, -0.05) is 12.1 Å². The van der Waals surface area contributed by atoms with E-state index in [0.717, 1.165) is 6.42 Å². The van der Waals surface area contributed by atoms with E-state index < -0.39 is 0 Å². The third-order valence-corrected chi connectivity index (χ3v) is 2.16. The molecule has 3 aliphatic carbocycles. The van der Waals surface area contributed by atoms with Gasteiger partial charge in [-0.3, -0.25) is 6.08 Å². The van der Waals surface area contributed by atoms with Crippen LogP contribution in [0.3, 0.4) is 0 Å². The van der Waals surface area contributed by atoms with E-state index in [1.807, 2.05) is 36.4 Å². The molecule has 0 aromatic carbocycles. The summed E-state index contributed by atoms with van der Waals surface area (Å²) in [6, 6.07) is 17.4. The van der Waals surface area contributed by atoms with Crippen molar-refractivity contribution in [2.75, 3.05) is 0 Å². The quantitative estimate of drug-likeness (QED) is 0.408. The molecule has 3 aliphatic rings. The zero-order valence-electron chi connectivity index (χ0n) is 9.80. The molecule has 0 heterocycles. The molecule has 0 aromatic rings. The zero-order chi connectivity index (χ0) is 10.3. The molecule has 0 nitrogen and oxygen atoms in total. The van der Waals surface area contributed by atoms with Gasteiger partial charge in [0.15, 0.2) is 0 Å². The van der Waals surface area contributed by atoms with Gasteiger partial charge in [0.1, 0.15) is 0 Å². The number of hydrogen-bond acceptors (Lipinski definition) is 0. The van der Waals surface area contributed by atoms with Gasteiger partial charge in [0.05, 0.1) is 0 Å². The normalized spacial score (nSPS) is 10.4. The molecule has 18 heavy (non-hydrogen) atoms. The van der Waals surface area contributed by atoms with E-state index in [2.05, 4.69) is 36.4 Å². The van der Waals surface area contributed by atoms with Gasteiger partial charge in [-0.05, 0) is 0 Å². The Morgan fingerprint density at radius 2 is 1.72 bits per heavy atom. The summed E-state index contributed by atoms with van der Waals surface area (Å²) in [6.45, 7) is 0. The summed E-state index contributed by atoms with van der Waals surface area (Å²) >= 11 is 0. The molecule has 0 bridgehead atoms. The fourth-order valence-electron chi connectivity index (χ4n) is 1.40. The second kappa shape index (κ2) is 11.7. The number of allylic oxidation sites excluding steroid dienone is 4. The predicted molar refractivity (Wildman–Crippen MR) is 78.0 cm³/mol. The molecular weight excluding hydrogens is 430 g/mol. The van der Waals surface area contributed by atoms with Crippen LogP contribution in [0.25, 0.3) is 11.1 Å². The van der Waals surface area contributed by atoms with Crippen LogP contribution in [0.4, 0.5) is 0 Å². The smallest absolute Gasteiger partial charge is 0 e. The van der Waals surface area contributed by atoms with E-state index in [1.54, 1.807) is 0 Å². The van der Waals surface area contributed by atoms with E-state index in [4.69, 9.17) is 0 Å². The van der Waals surface area contributed by atoms with Crippen LogP contribution in [0.5, 0.6) is 0 Å². The zero-order valence-corrected chi connectivity index (χ0v) is 15.0. The van der Waals surface area contributed by atoms with Crippen LogP contribution >= 0.6 is 24.8 Å². The van der Waals surface area contributed by atoms with Gasteiger partial charge in [-0.15, -0.1) is 61.1 Å². The number of hydrogen-bond donors (Lipinski definition) is 0. The molecule has 3 rings (SSSR count). The van der Waals surface area contributed by atoms with Crippen molar-refractivity contribution < 1.29 is 25.8 Å². The summed E-state index contributed by atoms with van der Waals surface area (Å²) < 4.78 is 0. The Morgan fingerprint density at radius 1 is 0.944 bits per heavy atom. The molecule has 0 amide bonds. The first kappa shape index (κ1) is 20.0. The third-order valence-electron chi connectivity index (χ3n) is 2.16. The van der Waals surface area contributed by atoms with Crippen molar-refractivity contribution in [1.82, 2.24) is 0 Å². The van der Waals surface area contributed by atoms with Crippen molar-refractivity contribution in [3.8, 4) is 11.1 Å². The second-order valence-corrected chi connectivity index (χ2v) is 3.26. The van der Waals surface area contributed by atoms with E-state index >= 15 is 0 Å². The van der Waals surface area contributed by atoms with Gasteiger partial charge < -0.3 is 0 Å². The standard InChI is InChI=1S/C10H7.C5H5.2ClH.Hf/c1-2-5-9-7-4-8-10(9)6-3-1;1-2-4-5-3-1;;;/h1-7H;1-3H,4H2;2*1H;/q2*-1;;;. The van der Waals surface area contributed by atoms with Crippen molar-refractivity contribution >= 4 is 24.8 Å². The molecule has 0 radical (unpaired) electrons. The Balaban J connectivity index is 0. The molecule has 0 unspecified atom stereocenters. The van der Waals surface area contributed by atoms with Crippen LogP contribution in [0.2, 0.25) is 0 Å². The maximum absolute atomic E-state index is 3.14.